The molecule has 552 valence electrons. The Morgan fingerprint density at radius 1 is 0.530 bits per heavy atom. The second kappa shape index (κ2) is 41.7. The monoisotopic (exact) mass is 1400 g/mol. The maximum absolute atomic E-state index is 12.9. The van der Waals surface area contributed by atoms with Crippen LogP contribution in [0.25, 0.3) is 41.8 Å². The minimum absolute atomic E-state index is 0.119. The molecule has 7 aliphatic heterocycles. The third-order valence-corrected chi connectivity index (χ3v) is 17.2. The quantitative estimate of drug-likeness (QED) is 0.0229. The molecule has 33 nitrogen and oxygen atoms in total. The summed E-state index contributed by atoms with van der Waals surface area (Å²) in [5.74, 6) is -0.00752. The fraction of sp³-hybridized carbons (Fsp3) is 0.731. The van der Waals surface area contributed by atoms with Gasteiger partial charge in [-0.1, -0.05) is 115 Å². The number of carbonyl (C=O) groups excluding carboxylic acids is 4. The summed E-state index contributed by atoms with van der Waals surface area (Å²) in [5.41, 5.74) is 38.4. The Kier molecular flexibility index (Phi) is 34.4. The van der Waals surface area contributed by atoms with Crippen LogP contribution in [0.5, 0.6) is 0 Å². The van der Waals surface area contributed by atoms with Gasteiger partial charge in [0, 0.05) is 126 Å². The number of amides is 5. The minimum Gasteiger partial charge on any atom is -0.379 e. The molecule has 0 spiro atoms. The maximum atomic E-state index is 12.9. The molecule has 5 unspecified atom stereocenters. The molecule has 0 aromatic carbocycles. The Labute approximate surface area is 585 Å². The first kappa shape index (κ1) is 82.6. The molecule has 0 saturated carbocycles. The molecule has 13 atom stereocenters. The Balaban J connectivity index is 0.000000241. The van der Waals surface area contributed by atoms with Crippen LogP contribution in [0.2, 0.25) is 0 Å². The minimum atomic E-state index is -0.673. The van der Waals surface area contributed by atoms with Crippen LogP contribution < -0.4 is 21.9 Å². The first-order valence-corrected chi connectivity index (χ1v) is 34.7. The standard InChI is InChI=1S/C19H30N4O4.C18H29N5O4.2C15H23N5O3/c1-11(2)6-14-18(24)13(5)8-23(19(14)25)17-7-15(21-22-20)16(27-17)10-26-9-12(3)4;1-4-6-8-22-17(24)13(3)11-23(18(22)25)16-10-14(20-21-19)15(27-16)12-26-9-7-5-2;1-9(2)7-22-8-13-12(18-19-16)5-14(23-13)20-6-10(3)11(4)17-15(20)21;1-4-5-6-22-9-13-12(18-19-16)7-14(23-13)20-8-10(2)11(3)17-15(20)21/h8,11-12,14-17H,6-7,9-10H2,1-5H3;11,14-16H,4-10,12H2,1-3H3;6,9,12-14H,4-5,7-8H2,1-3H3,(H,17,21);8,12-14H,3-7,9H2,1-2H3,(H,17,21)/t14?,15?,16-,17-;14?,15-,16-;2*12?,13-,14-/m1111/s1. The van der Waals surface area contributed by atoms with Gasteiger partial charge in [0.05, 0.1) is 75.0 Å². The number of ketones is 1. The first-order valence-electron chi connectivity index (χ1n) is 34.7. The number of azide groups is 4. The first-order chi connectivity index (χ1) is 47.7. The second-order valence-corrected chi connectivity index (χ2v) is 26.9. The molecule has 1 aromatic heterocycles. The van der Waals surface area contributed by atoms with E-state index in [9.17, 15) is 28.8 Å². The van der Waals surface area contributed by atoms with Crippen LogP contribution >= 0.6 is 0 Å². The van der Waals surface area contributed by atoms with E-state index in [1.165, 1.54) is 30.0 Å². The molecular formula is C67H105N19O14. The van der Waals surface area contributed by atoms with Crippen LogP contribution in [0.1, 0.15) is 166 Å². The summed E-state index contributed by atoms with van der Waals surface area (Å²) < 4.78 is 49.0. The average molecular weight is 1400 g/mol. The van der Waals surface area contributed by atoms with Gasteiger partial charge in [-0.2, -0.15) is 0 Å². The highest BCUT2D eigenvalue weighted by Crippen LogP contribution is 2.35. The van der Waals surface area contributed by atoms with Gasteiger partial charge in [-0.05, 0) is 104 Å². The summed E-state index contributed by atoms with van der Waals surface area (Å²) in [5, 5.41) is 20.6. The van der Waals surface area contributed by atoms with Gasteiger partial charge in [-0.25, -0.2) is 14.4 Å². The summed E-state index contributed by atoms with van der Waals surface area (Å²) in [6, 6.07) is -2.12. The SMILES string of the molecule is C=C1NC(=O)N([C@H]2CC(N=[N+]=[N-])[C@@H](COCC(C)C)O2)C=C1C.C=C1NC(=O)N([C@H]2CC(N=[N+]=[N-])[C@@H](COCCCC)O2)C=C1C.CC1=CN([C@H]2CC(N=[N+]=[N-])[C@@H](COCC(C)C)O2)C(=O)C(CC(C)C)C1=O.CCCCOC[C@H]1O[C@@H](n2cc(C)c(=O)n(CCCC)c2=O)CC1N=[N+]=[N-]. The molecule has 7 aliphatic rings. The molecule has 4 fully saturated rings. The number of carbonyl (C=O) groups is 4. The zero-order valence-electron chi connectivity index (χ0n) is 60.4. The number of Topliss-reactive ketones (excluding diaryl/α,β-unsaturated/α-hetero) is 1. The summed E-state index contributed by atoms with van der Waals surface area (Å²) in [6.07, 6.45) is 10.7. The summed E-state index contributed by atoms with van der Waals surface area (Å²) in [7, 11) is 0. The van der Waals surface area contributed by atoms with Crippen LogP contribution in [0, 0.1) is 30.6 Å². The van der Waals surface area contributed by atoms with Crippen LogP contribution in [-0.2, 0) is 54.0 Å². The largest absolute Gasteiger partial charge is 0.379 e. The lowest BCUT2D eigenvalue weighted by Crippen LogP contribution is -2.46. The van der Waals surface area contributed by atoms with Crippen molar-refractivity contribution >= 4 is 23.8 Å². The molecule has 4 saturated heterocycles. The van der Waals surface area contributed by atoms with Crippen molar-refractivity contribution in [1.29, 1.82) is 0 Å². The van der Waals surface area contributed by atoms with Crippen molar-refractivity contribution in [2.24, 2.45) is 44.1 Å². The number of allylic oxidation sites excluding steroid dienone is 3. The molecule has 2 N–H and O–H groups in total. The molecular weight excluding hydrogens is 1290 g/mol. The van der Waals surface area contributed by atoms with Crippen molar-refractivity contribution in [3.8, 4) is 0 Å². The third-order valence-electron chi connectivity index (χ3n) is 17.2. The van der Waals surface area contributed by atoms with Gasteiger partial charge in [0.25, 0.3) is 5.56 Å². The molecule has 100 heavy (non-hydrogen) atoms. The molecule has 33 heteroatoms. The number of nitrogens with one attached hydrogen (secondary N) is 2. The zero-order chi connectivity index (χ0) is 73.8. The fourth-order valence-electron chi connectivity index (χ4n) is 11.6. The van der Waals surface area contributed by atoms with Crippen molar-refractivity contribution < 1.29 is 57.1 Å². The molecule has 0 aliphatic carbocycles. The van der Waals surface area contributed by atoms with Crippen LogP contribution in [0.4, 0.5) is 9.59 Å². The van der Waals surface area contributed by atoms with Gasteiger partial charge in [-0.15, -0.1) is 0 Å². The Morgan fingerprint density at radius 2 is 0.900 bits per heavy atom. The van der Waals surface area contributed by atoms with Crippen LogP contribution in [-0.4, -0.2) is 168 Å². The van der Waals surface area contributed by atoms with E-state index in [4.69, 9.17) is 60.0 Å². The molecule has 8 rings (SSSR count). The maximum Gasteiger partial charge on any atom is 0.333 e. The highest BCUT2D eigenvalue weighted by atomic mass is 16.6. The number of rotatable bonds is 31. The lowest BCUT2D eigenvalue weighted by molar-refractivity contribution is -0.151. The van der Waals surface area contributed by atoms with Crippen molar-refractivity contribution in [3.63, 3.8) is 0 Å². The lowest BCUT2D eigenvalue weighted by Gasteiger charge is -2.33. The number of hydrogen-bond donors (Lipinski definition) is 2. The average Bonchev–Trinajstić information content (AvgIpc) is 1.47. The zero-order valence-corrected chi connectivity index (χ0v) is 60.4. The van der Waals surface area contributed by atoms with E-state index in [0.717, 1.165) is 49.7 Å². The van der Waals surface area contributed by atoms with Crippen LogP contribution in [0.3, 0.4) is 0 Å². The van der Waals surface area contributed by atoms with E-state index in [2.05, 4.69) is 105 Å². The van der Waals surface area contributed by atoms with E-state index in [-0.39, 0.29) is 59.5 Å². The third kappa shape index (κ3) is 24.1. The lowest BCUT2D eigenvalue weighted by atomic mass is 9.87. The highest BCUT2D eigenvalue weighted by molar-refractivity contribution is 6.12. The van der Waals surface area contributed by atoms with E-state index in [1.807, 2.05) is 34.6 Å². The number of urea groups is 2. The predicted octanol–water partition coefficient (Wildman–Crippen LogP) is 12.3. The fourth-order valence-corrected chi connectivity index (χ4v) is 11.6. The van der Waals surface area contributed by atoms with Gasteiger partial charge >= 0.3 is 17.8 Å². The van der Waals surface area contributed by atoms with Gasteiger partial charge in [-0.3, -0.25) is 38.2 Å². The number of unbranched alkanes of at least 4 members (excludes halogenated alkanes) is 3. The molecule has 5 amide bonds. The van der Waals surface area contributed by atoms with E-state index in [1.54, 1.807) is 32.4 Å². The van der Waals surface area contributed by atoms with Gasteiger partial charge in [0.15, 0.2) is 5.78 Å². The van der Waals surface area contributed by atoms with Crippen molar-refractivity contribution in [2.45, 2.75) is 241 Å². The summed E-state index contributed by atoms with van der Waals surface area (Å²) in [6.45, 7) is 37.2. The number of aryl methyl sites for hydroxylation is 1. The summed E-state index contributed by atoms with van der Waals surface area (Å²) in [4.78, 5) is 90.7. The van der Waals surface area contributed by atoms with Crippen LogP contribution in [0.15, 0.2) is 96.1 Å². The number of hydrogen-bond acceptors (Lipinski definition) is 18. The Morgan fingerprint density at radius 3 is 1.28 bits per heavy atom. The topological polar surface area (TPSA) is 415 Å². The molecule has 1 aromatic rings. The normalized spacial score (nSPS) is 26.4. The van der Waals surface area contributed by atoms with E-state index in [0.29, 0.717) is 126 Å². The summed E-state index contributed by atoms with van der Waals surface area (Å²) >= 11 is 0. The van der Waals surface area contributed by atoms with E-state index >= 15 is 0 Å². The highest BCUT2D eigenvalue weighted by Gasteiger charge is 2.46. The number of ether oxygens (including phenoxy) is 8. The number of nitrogens with zero attached hydrogens (tertiary/aromatic N) is 17. The van der Waals surface area contributed by atoms with Gasteiger partial charge in [0.1, 0.15) is 30.8 Å². The smallest absolute Gasteiger partial charge is 0.333 e. The van der Waals surface area contributed by atoms with Crippen molar-refractivity contribution in [2.75, 3.05) is 52.9 Å². The number of aromatic nitrogens is 2. The Bertz CT molecular complexity index is 3380. The second-order valence-electron chi connectivity index (χ2n) is 26.9. The molecule has 8 heterocycles. The molecule has 0 radical (unpaired) electrons. The Hall–Kier alpha value is -8.02. The van der Waals surface area contributed by atoms with E-state index < -0.39 is 60.8 Å². The predicted molar refractivity (Wildman–Crippen MR) is 373 cm³/mol. The molecule has 0 bridgehead atoms. The van der Waals surface area contributed by atoms with Gasteiger partial charge < -0.3 is 48.5 Å². The van der Waals surface area contributed by atoms with Crippen molar-refractivity contribution in [1.82, 2.24) is 34.5 Å². The van der Waals surface area contributed by atoms with Crippen molar-refractivity contribution in [3.05, 3.63) is 134 Å². The van der Waals surface area contributed by atoms with Gasteiger partial charge in [0.2, 0.25) is 5.91 Å².